The Morgan fingerprint density at radius 2 is 2.04 bits per heavy atom. The maximum Gasteiger partial charge on any atom is 0.358 e. The molecule has 0 unspecified atom stereocenters. The van der Waals surface area contributed by atoms with E-state index in [0.717, 1.165) is 14.4 Å². The van der Waals surface area contributed by atoms with Crippen LogP contribution >= 0.6 is 38.6 Å². The van der Waals surface area contributed by atoms with E-state index in [-0.39, 0.29) is 18.1 Å². The van der Waals surface area contributed by atoms with E-state index in [9.17, 15) is 9.59 Å². The summed E-state index contributed by atoms with van der Waals surface area (Å²) >= 11 is 6.23. The first-order valence-electron chi connectivity index (χ1n) is 6.59. The second-order valence-electron chi connectivity index (χ2n) is 4.52. The Balaban J connectivity index is 1.62. The number of halogens is 1. The number of esters is 1. The van der Waals surface area contributed by atoms with Gasteiger partial charge in [0.15, 0.2) is 18.1 Å². The van der Waals surface area contributed by atoms with Crippen LogP contribution in [0.3, 0.4) is 0 Å². The van der Waals surface area contributed by atoms with E-state index in [1.807, 2.05) is 23.6 Å². The number of thiazole rings is 1. The Morgan fingerprint density at radius 1 is 1.17 bits per heavy atom. The van der Waals surface area contributed by atoms with Gasteiger partial charge < -0.3 is 4.74 Å². The smallest absolute Gasteiger partial charge is 0.358 e. The second-order valence-corrected chi connectivity index (χ2v) is 7.25. The van der Waals surface area contributed by atoms with Gasteiger partial charge in [-0.25, -0.2) is 9.78 Å². The van der Waals surface area contributed by atoms with Crippen LogP contribution in [0.25, 0.3) is 9.88 Å². The standard InChI is InChI=1S/C16H10BrNO3S2/c17-11-4-1-3-10(7-11)13(19)8-21-16(20)12-9-23-15(18-12)14-5-2-6-22-14/h1-7,9H,8H2. The van der Waals surface area contributed by atoms with Crippen molar-refractivity contribution in [3.05, 3.63) is 62.9 Å². The molecular weight excluding hydrogens is 398 g/mol. The van der Waals surface area contributed by atoms with E-state index in [1.165, 1.54) is 11.3 Å². The zero-order chi connectivity index (χ0) is 16.2. The highest BCUT2D eigenvalue weighted by Gasteiger charge is 2.16. The normalized spacial score (nSPS) is 10.5. The first kappa shape index (κ1) is 16.0. The fourth-order valence-electron chi connectivity index (χ4n) is 1.83. The largest absolute Gasteiger partial charge is 0.453 e. The van der Waals surface area contributed by atoms with Crippen molar-refractivity contribution >= 4 is 50.4 Å². The summed E-state index contributed by atoms with van der Waals surface area (Å²) in [5.41, 5.74) is 0.713. The molecule has 2 aromatic heterocycles. The molecule has 0 saturated carbocycles. The third-order valence-electron chi connectivity index (χ3n) is 2.93. The summed E-state index contributed by atoms with van der Waals surface area (Å²) in [5, 5.41) is 4.36. The van der Waals surface area contributed by atoms with E-state index in [4.69, 9.17) is 4.74 Å². The quantitative estimate of drug-likeness (QED) is 0.455. The average molecular weight is 408 g/mol. The van der Waals surface area contributed by atoms with Crippen LogP contribution < -0.4 is 0 Å². The van der Waals surface area contributed by atoms with Crippen molar-refractivity contribution in [2.45, 2.75) is 0 Å². The first-order valence-corrected chi connectivity index (χ1v) is 9.14. The van der Waals surface area contributed by atoms with Crippen molar-refractivity contribution < 1.29 is 14.3 Å². The molecule has 116 valence electrons. The molecule has 0 aliphatic rings. The maximum absolute atomic E-state index is 12.0. The lowest BCUT2D eigenvalue weighted by atomic mass is 10.1. The van der Waals surface area contributed by atoms with E-state index >= 15 is 0 Å². The monoisotopic (exact) mass is 407 g/mol. The number of Topliss-reactive ketones (excluding diaryl/α,β-unsaturated/α-hetero) is 1. The Kier molecular flexibility index (Phi) is 5.00. The summed E-state index contributed by atoms with van der Waals surface area (Å²) in [7, 11) is 0. The zero-order valence-corrected chi connectivity index (χ0v) is 14.9. The highest BCUT2D eigenvalue weighted by molar-refractivity contribution is 9.10. The number of aromatic nitrogens is 1. The van der Waals surface area contributed by atoms with Crippen LogP contribution in [0.5, 0.6) is 0 Å². The molecule has 0 spiro atoms. The highest BCUT2D eigenvalue weighted by Crippen LogP contribution is 2.27. The lowest BCUT2D eigenvalue weighted by Crippen LogP contribution is -2.14. The number of benzene rings is 1. The van der Waals surface area contributed by atoms with Gasteiger partial charge in [0.2, 0.25) is 0 Å². The van der Waals surface area contributed by atoms with Crippen LogP contribution in [-0.4, -0.2) is 23.3 Å². The van der Waals surface area contributed by atoms with E-state index in [0.29, 0.717) is 5.56 Å². The lowest BCUT2D eigenvalue weighted by Gasteiger charge is -2.03. The minimum Gasteiger partial charge on any atom is -0.453 e. The fourth-order valence-corrected chi connectivity index (χ4v) is 3.83. The van der Waals surface area contributed by atoms with Crippen molar-refractivity contribution in [3.63, 3.8) is 0 Å². The van der Waals surface area contributed by atoms with Crippen molar-refractivity contribution in [2.24, 2.45) is 0 Å². The van der Waals surface area contributed by atoms with Crippen LogP contribution in [0.2, 0.25) is 0 Å². The van der Waals surface area contributed by atoms with Gasteiger partial charge in [0, 0.05) is 15.4 Å². The van der Waals surface area contributed by atoms with Gasteiger partial charge in [-0.05, 0) is 23.6 Å². The molecule has 3 rings (SSSR count). The van der Waals surface area contributed by atoms with Crippen LogP contribution in [0, 0.1) is 0 Å². The number of carbonyl (C=O) groups is 2. The van der Waals surface area contributed by atoms with Gasteiger partial charge in [-0.1, -0.05) is 34.1 Å². The molecule has 0 atom stereocenters. The Labute approximate surface area is 148 Å². The fraction of sp³-hybridized carbons (Fsp3) is 0.0625. The first-order chi connectivity index (χ1) is 11.1. The molecule has 7 heteroatoms. The summed E-state index contributed by atoms with van der Waals surface area (Å²) in [6.45, 7) is -0.304. The number of rotatable bonds is 5. The number of hydrogen-bond acceptors (Lipinski definition) is 6. The number of hydrogen-bond donors (Lipinski definition) is 0. The molecule has 0 fully saturated rings. The second kappa shape index (κ2) is 7.16. The number of thiophene rings is 1. The van der Waals surface area contributed by atoms with Gasteiger partial charge in [0.25, 0.3) is 0 Å². The molecule has 0 N–H and O–H groups in total. The van der Waals surface area contributed by atoms with Gasteiger partial charge in [0.05, 0.1) is 4.88 Å². The summed E-state index contributed by atoms with van der Waals surface area (Å²) in [4.78, 5) is 29.3. The Morgan fingerprint density at radius 3 is 2.78 bits per heavy atom. The minimum absolute atomic E-state index is 0.223. The molecule has 23 heavy (non-hydrogen) atoms. The van der Waals surface area contributed by atoms with Crippen LogP contribution in [0.15, 0.2) is 51.6 Å². The molecule has 2 heterocycles. The minimum atomic E-state index is -0.590. The molecule has 0 amide bonds. The lowest BCUT2D eigenvalue weighted by molar-refractivity contribution is 0.0470. The van der Waals surface area contributed by atoms with E-state index < -0.39 is 5.97 Å². The topological polar surface area (TPSA) is 56.3 Å². The third-order valence-corrected chi connectivity index (χ3v) is 5.30. The molecule has 3 aromatic rings. The number of nitrogens with zero attached hydrogens (tertiary/aromatic N) is 1. The Hall–Kier alpha value is -1.83. The number of ether oxygens (including phenoxy) is 1. The number of ketones is 1. The number of carbonyl (C=O) groups excluding carboxylic acids is 2. The molecule has 0 aliphatic heterocycles. The highest BCUT2D eigenvalue weighted by atomic mass is 79.9. The van der Waals surface area contributed by atoms with E-state index in [2.05, 4.69) is 20.9 Å². The SMILES string of the molecule is O=C(COC(=O)c1csc(-c2cccs2)n1)c1cccc(Br)c1. The van der Waals surface area contributed by atoms with Gasteiger partial charge in [0.1, 0.15) is 5.01 Å². The van der Waals surface area contributed by atoms with E-state index in [1.54, 1.807) is 34.9 Å². The van der Waals surface area contributed by atoms with Crippen molar-refractivity contribution in [3.8, 4) is 9.88 Å². The van der Waals surface area contributed by atoms with Gasteiger partial charge >= 0.3 is 5.97 Å². The van der Waals surface area contributed by atoms with Crippen LogP contribution in [0.4, 0.5) is 0 Å². The van der Waals surface area contributed by atoms with Gasteiger partial charge in [-0.2, -0.15) is 0 Å². The zero-order valence-electron chi connectivity index (χ0n) is 11.7. The maximum atomic E-state index is 12.0. The summed E-state index contributed by atoms with van der Waals surface area (Å²) in [5.74, 6) is -0.847. The molecule has 0 bridgehead atoms. The summed E-state index contributed by atoms with van der Waals surface area (Å²) in [6.07, 6.45) is 0. The third kappa shape index (κ3) is 3.93. The van der Waals surface area contributed by atoms with Crippen LogP contribution in [-0.2, 0) is 4.74 Å². The summed E-state index contributed by atoms with van der Waals surface area (Å²) in [6, 6.07) is 10.8. The van der Waals surface area contributed by atoms with Crippen LogP contribution in [0.1, 0.15) is 20.8 Å². The Bertz CT molecular complexity index is 843. The molecule has 0 saturated heterocycles. The molecular formula is C16H10BrNO3S2. The molecule has 4 nitrogen and oxygen atoms in total. The van der Waals surface area contributed by atoms with Gasteiger partial charge in [-0.3, -0.25) is 4.79 Å². The predicted octanol–water partition coefficient (Wildman–Crippen LogP) is 4.67. The summed E-state index contributed by atoms with van der Waals surface area (Å²) < 4.78 is 5.86. The molecule has 0 aliphatic carbocycles. The average Bonchev–Trinajstić information content (AvgIpc) is 3.22. The van der Waals surface area contributed by atoms with Crippen molar-refractivity contribution in [1.82, 2.24) is 4.98 Å². The molecule has 1 aromatic carbocycles. The predicted molar refractivity (Wildman–Crippen MR) is 94.2 cm³/mol. The van der Waals surface area contributed by atoms with Crippen molar-refractivity contribution in [2.75, 3.05) is 6.61 Å². The van der Waals surface area contributed by atoms with Crippen molar-refractivity contribution in [1.29, 1.82) is 0 Å². The van der Waals surface area contributed by atoms with Gasteiger partial charge in [-0.15, -0.1) is 22.7 Å². The molecule has 0 radical (unpaired) electrons.